The van der Waals surface area contributed by atoms with Gasteiger partial charge in [0.2, 0.25) is 0 Å². The average molecular weight is 256 g/mol. The maximum atomic E-state index is 8.89. The summed E-state index contributed by atoms with van der Waals surface area (Å²) < 4.78 is 0. The molecule has 1 N–H and O–H groups in total. The summed E-state index contributed by atoms with van der Waals surface area (Å²) in [5, 5.41) is 12.6. The number of aryl methyl sites for hydroxylation is 1. The van der Waals surface area contributed by atoms with Crippen LogP contribution in [0.4, 0.5) is 0 Å². The van der Waals surface area contributed by atoms with Crippen LogP contribution in [-0.4, -0.2) is 6.04 Å². The number of hydrogen-bond donors (Lipinski definition) is 1. The second-order valence-corrected chi connectivity index (χ2v) is 6.42. The summed E-state index contributed by atoms with van der Waals surface area (Å²) in [5.41, 5.74) is 3.67. The smallest absolute Gasteiger partial charge is 0.0991 e. The molecule has 0 amide bonds. The predicted molar refractivity (Wildman–Crippen MR) is 78.8 cm³/mol. The molecule has 19 heavy (non-hydrogen) atoms. The Morgan fingerprint density at radius 1 is 1.37 bits per heavy atom. The Labute approximate surface area is 116 Å². The highest BCUT2D eigenvalue weighted by Gasteiger charge is 2.31. The molecule has 1 aromatic carbocycles. The molecule has 0 spiro atoms. The van der Waals surface area contributed by atoms with Crippen molar-refractivity contribution in [1.82, 2.24) is 5.32 Å². The molecule has 1 unspecified atom stereocenters. The van der Waals surface area contributed by atoms with Gasteiger partial charge in [-0.25, -0.2) is 0 Å². The molecule has 1 aliphatic carbocycles. The molecule has 1 atom stereocenters. The second-order valence-electron chi connectivity index (χ2n) is 6.42. The number of benzene rings is 1. The van der Waals surface area contributed by atoms with Crippen LogP contribution in [0.2, 0.25) is 0 Å². The molecule has 0 radical (unpaired) electrons. The first-order valence-electron chi connectivity index (χ1n) is 7.26. The lowest BCUT2D eigenvalue weighted by molar-refractivity contribution is 0.166. The second kappa shape index (κ2) is 5.75. The first kappa shape index (κ1) is 14.1. The Morgan fingerprint density at radius 2 is 2.16 bits per heavy atom. The average Bonchev–Trinajstić information content (AvgIpc) is 2.38. The number of rotatable bonds is 3. The molecule has 1 fully saturated rings. The van der Waals surface area contributed by atoms with Crippen LogP contribution >= 0.6 is 0 Å². The predicted octanol–water partition coefficient (Wildman–Crippen LogP) is 3.93. The van der Waals surface area contributed by atoms with Gasteiger partial charge in [-0.2, -0.15) is 5.26 Å². The monoisotopic (exact) mass is 256 g/mol. The summed E-state index contributed by atoms with van der Waals surface area (Å²) in [6.45, 7) is 7.74. The van der Waals surface area contributed by atoms with Crippen LogP contribution in [0.15, 0.2) is 18.2 Å². The van der Waals surface area contributed by atoms with Crippen LogP contribution in [-0.2, 0) is 6.54 Å². The molecule has 1 saturated carbocycles. The lowest BCUT2D eigenvalue weighted by Gasteiger charge is -2.39. The summed E-state index contributed by atoms with van der Waals surface area (Å²) in [5.74, 6) is 0. The van der Waals surface area contributed by atoms with Gasteiger partial charge in [0.25, 0.3) is 0 Å². The number of nitrogens with zero attached hydrogens (tertiary/aromatic N) is 1. The summed E-state index contributed by atoms with van der Waals surface area (Å²) >= 11 is 0. The Morgan fingerprint density at radius 3 is 2.79 bits per heavy atom. The van der Waals surface area contributed by atoms with E-state index in [0.717, 1.165) is 12.1 Å². The van der Waals surface area contributed by atoms with Gasteiger partial charge < -0.3 is 5.32 Å². The minimum Gasteiger partial charge on any atom is -0.309 e. The zero-order valence-electron chi connectivity index (χ0n) is 12.3. The fourth-order valence-electron chi connectivity index (χ4n) is 3.07. The maximum absolute atomic E-state index is 8.89. The molecule has 1 aliphatic rings. The number of hydrogen-bond acceptors (Lipinski definition) is 2. The van der Waals surface area contributed by atoms with Crippen molar-refractivity contribution in [3.05, 3.63) is 34.9 Å². The van der Waals surface area contributed by atoms with Gasteiger partial charge in [-0.05, 0) is 48.4 Å². The molecule has 0 bridgehead atoms. The van der Waals surface area contributed by atoms with E-state index in [9.17, 15) is 0 Å². The van der Waals surface area contributed by atoms with Gasteiger partial charge in [-0.15, -0.1) is 0 Å². The topological polar surface area (TPSA) is 35.8 Å². The van der Waals surface area contributed by atoms with Gasteiger partial charge in [0, 0.05) is 12.6 Å². The van der Waals surface area contributed by atoms with Gasteiger partial charge in [0.15, 0.2) is 0 Å². The summed E-state index contributed by atoms with van der Waals surface area (Å²) in [7, 11) is 0. The molecule has 0 heterocycles. The maximum Gasteiger partial charge on any atom is 0.0991 e. The third-order valence-corrected chi connectivity index (χ3v) is 4.52. The van der Waals surface area contributed by atoms with Gasteiger partial charge >= 0.3 is 0 Å². The molecular weight excluding hydrogens is 232 g/mol. The summed E-state index contributed by atoms with van der Waals surface area (Å²) in [4.78, 5) is 0. The van der Waals surface area contributed by atoms with E-state index in [1.807, 2.05) is 12.1 Å². The molecule has 2 nitrogen and oxygen atoms in total. The van der Waals surface area contributed by atoms with Crippen LogP contribution in [0, 0.1) is 23.7 Å². The van der Waals surface area contributed by atoms with E-state index >= 15 is 0 Å². The van der Waals surface area contributed by atoms with Crippen molar-refractivity contribution in [3.63, 3.8) is 0 Å². The van der Waals surface area contributed by atoms with E-state index in [1.54, 1.807) is 0 Å². The lowest BCUT2D eigenvalue weighted by atomic mass is 9.73. The van der Waals surface area contributed by atoms with E-state index in [1.165, 1.54) is 36.8 Å². The van der Waals surface area contributed by atoms with E-state index in [4.69, 9.17) is 5.26 Å². The van der Waals surface area contributed by atoms with Crippen LogP contribution in [0.5, 0.6) is 0 Å². The van der Waals surface area contributed by atoms with Crippen molar-refractivity contribution in [2.24, 2.45) is 5.41 Å². The van der Waals surface area contributed by atoms with Crippen molar-refractivity contribution in [3.8, 4) is 6.07 Å². The Bertz CT molecular complexity index is 483. The van der Waals surface area contributed by atoms with Gasteiger partial charge in [-0.1, -0.05) is 32.8 Å². The third-order valence-electron chi connectivity index (χ3n) is 4.52. The van der Waals surface area contributed by atoms with Crippen molar-refractivity contribution in [1.29, 1.82) is 5.26 Å². The van der Waals surface area contributed by atoms with Crippen LogP contribution in [0.25, 0.3) is 0 Å². The summed E-state index contributed by atoms with van der Waals surface area (Å²) in [6, 6.07) is 8.77. The fourth-order valence-corrected chi connectivity index (χ4v) is 3.07. The van der Waals surface area contributed by atoms with Crippen molar-refractivity contribution in [2.45, 2.75) is 59.0 Å². The highest BCUT2D eigenvalue weighted by molar-refractivity contribution is 5.37. The molecular formula is C17H24N2. The molecule has 102 valence electrons. The molecule has 0 aliphatic heterocycles. The van der Waals surface area contributed by atoms with Crippen molar-refractivity contribution < 1.29 is 0 Å². The van der Waals surface area contributed by atoms with E-state index in [2.05, 4.69) is 38.2 Å². The number of nitriles is 1. The SMILES string of the molecule is Cc1cc(C#N)ccc1CNC1CCCCC1(C)C. The molecule has 0 saturated heterocycles. The summed E-state index contributed by atoms with van der Waals surface area (Å²) in [6.07, 6.45) is 5.30. The van der Waals surface area contributed by atoms with Crippen LogP contribution in [0.3, 0.4) is 0 Å². The molecule has 2 rings (SSSR count). The van der Waals surface area contributed by atoms with Gasteiger partial charge in [0.1, 0.15) is 0 Å². The van der Waals surface area contributed by atoms with E-state index in [0.29, 0.717) is 11.5 Å². The molecule has 0 aromatic heterocycles. The minimum atomic E-state index is 0.402. The number of nitrogens with one attached hydrogen (secondary N) is 1. The normalized spacial score (nSPS) is 21.9. The highest BCUT2D eigenvalue weighted by atomic mass is 14.9. The van der Waals surface area contributed by atoms with E-state index in [-0.39, 0.29) is 0 Å². The fraction of sp³-hybridized carbons (Fsp3) is 0.588. The Balaban J connectivity index is 2.01. The highest BCUT2D eigenvalue weighted by Crippen LogP contribution is 2.35. The van der Waals surface area contributed by atoms with Crippen LogP contribution in [0.1, 0.15) is 56.2 Å². The molecule has 2 heteroatoms. The quantitative estimate of drug-likeness (QED) is 0.889. The van der Waals surface area contributed by atoms with E-state index < -0.39 is 0 Å². The van der Waals surface area contributed by atoms with Gasteiger partial charge in [-0.3, -0.25) is 0 Å². The zero-order valence-corrected chi connectivity index (χ0v) is 12.3. The van der Waals surface area contributed by atoms with Gasteiger partial charge in [0.05, 0.1) is 11.6 Å². The zero-order chi connectivity index (χ0) is 13.9. The van der Waals surface area contributed by atoms with Crippen LogP contribution < -0.4 is 5.32 Å². The van der Waals surface area contributed by atoms with Crippen molar-refractivity contribution in [2.75, 3.05) is 0 Å². The lowest BCUT2D eigenvalue weighted by Crippen LogP contribution is -2.43. The first-order chi connectivity index (χ1) is 9.03. The molecule has 1 aromatic rings. The third kappa shape index (κ3) is 3.36. The Hall–Kier alpha value is -1.33. The van der Waals surface area contributed by atoms with Crippen molar-refractivity contribution >= 4 is 0 Å². The first-order valence-corrected chi connectivity index (χ1v) is 7.26. The Kier molecular flexibility index (Phi) is 4.27. The minimum absolute atomic E-state index is 0.402. The standard InChI is InChI=1S/C17H24N2/c1-13-10-14(11-18)7-8-15(13)12-19-16-6-4-5-9-17(16,2)3/h7-8,10,16,19H,4-6,9,12H2,1-3H3. The largest absolute Gasteiger partial charge is 0.309 e.